The minimum Gasteiger partial charge on any atom is -0.488 e. The molecule has 8 nitrogen and oxygen atoms in total. The van der Waals surface area contributed by atoms with Crippen LogP contribution in [0.1, 0.15) is 25.0 Å². The summed E-state index contributed by atoms with van der Waals surface area (Å²) in [5.41, 5.74) is 1.17. The van der Waals surface area contributed by atoms with Crippen LogP contribution in [0, 0.1) is 10.1 Å². The highest BCUT2D eigenvalue weighted by molar-refractivity contribution is 7.88. The van der Waals surface area contributed by atoms with E-state index in [-0.39, 0.29) is 30.2 Å². The molecule has 0 spiro atoms. The van der Waals surface area contributed by atoms with Gasteiger partial charge >= 0.3 is 0 Å². The molecule has 9 heteroatoms. The molecular formula is C19H22N2O6S. The van der Waals surface area contributed by atoms with Crippen LogP contribution in [0.5, 0.6) is 11.5 Å². The topological polar surface area (TPSA) is 108 Å². The van der Waals surface area contributed by atoms with E-state index in [2.05, 4.69) is 4.72 Å². The van der Waals surface area contributed by atoms with E-state index in [0.29, 0.717) is 17.1 Å². The number of rotatable bonds is 8. The number of hydrogen-bond donors (Lipinski definition) is 1. The number of sulfonamides is 1. The fraction of sp³-hybridized carbons (Fsp3) is 0.368. The monoisotopic (exact) mass is 406 g/mol. The third-order valence-electron chi connectivity index (χ3n) is 4.24. The average molecular weight is 406 g/mol. The summed E-state index contributed by atoms with van der Waals surface area (Å²) in [4.78, 5) is 10.1. The summed E-state index contributed by atoms with van der Waals surface area (Å²) in [5.74, 6) is 1.04. The Kier molecular flexibility index (Phi) is 5.57. The number of nitrogens with one attached hydrogen (secondary N) is 1. The van der Waals surface area contributed by atoms with Crippen LogP contribution in [0.15, 0.2) is 42.5 Å². The highest BCUT2D eigenvalue weighted by Gasteiger charge is 2.32. The third kappa shape index (κ3) is 4.99. The molecule has 2 aromatic carbocycles. The van der Waals surface area contributed by atoms with Gasteiger partial charge in [-0.15, -0.1) is 0 Å². The Morgan fingerprint density at radius 3 is 2.61 bits per heavy atom. The minimum absolute atomic E-state index is 0.0803. The number of benzene rings is 2. The van der Waals surface area contributed by atoms with Crippen molar-refractivity contribution in [1.82, 2.24) is 4.72 Å². The molecule has 0 bridgehead atoms. The molecule has 28 heavy (non-hydrogen) atoms. The van der Waals surface area contributed by atoms with Crippen LogP contribution < -0.4 is 14.2 Å². The molecule has 0 saturated heterocycles. The van der Waals surface area contributed by atoms with Crippen molar-refractivity contribution in [3.63, 3.8) is 0 Å². The minimum atomic E-state index is -3.58. The van der Waals surface area contributed by atoms with Crippen molar-refractivity contribution in [3.8, 4) is 11.5 Å². The molecular weight excluding hydrogens is 384 g/mol. The van der Waals surface area contributed by atoms with Crippen molar-refractivity contribution in [2.75, 3.05) is 13.2 Å². The Morgan fingerprint density at radius 2 is 1.93 bits per heavy atom. The summed E-state index contributed by atoms with van der Waals surface area (Å²) in [6.45, 7) is 4.26. The van der Waals surface area contributed by atoms with Gasteiger partial charge in [0.25, 0.3) is 5.69 Å². The molecule has 0 unspecified atom stereocenters. The summed E-state index contributed by atoms with van der Waals surface area (Å²) in [6.07, 6.45) is 0.793. The maximum atomic E-state index is 12.2. The first kappa shape index (κ1) is 20.1. The SMILES string of the molecule is CC1(C)Cc2cccc(OCCNS(=O)(=O)Cc3ccc([N+](=O)[O-])cc3)c2O1. The van der Waals surface area contributed by atoms with Crippen molar-refractivity contribution in [3.05, 3.63) is 63.7 Å². The van der Waals surface area contributed by atoms with Crippen molar-refractivity contribution in [1.29, 1.82) is 0 Å². The Morgan fingerprint density at radius 1 is 1.21 bits per heavy atom. The molecule has 3 rings (SSSR count). The highest BCUT2D eigenvalue weighted by Crippen LogP contribution is 2.41. The van der Waals surface area contributed by atoms with E-state index in [4.69, 9.17) is 9.47 Å². The van der Waals surface area contributed by atoms with Gasteiger partial charge in [0.05, 0.1) is 10.7 Å². The first-order valence-electron chi connectivity index (χ1n) is 8.80. The molecule has 1 aliphatic rings. The Balaban J connectivity index is 1.51. The van der Waals surface area contributed by atoms with Gasteiger partial charge in [-0.05, 0) is 25.5 Å². The molecule has 0 radical (unpaired) electrons. The fourth-order valence-electron chi connectivity index (χ4n) is 3.04. The van der Waals surface area contributed by atoms with Crippen molar-refractivity contribution in [2.45, 2.75) is 31.6 Å². The van der Waals surface area contributed by atoms with E-state index in [9.17, 15) is 18.5 Å². The van der Waals surface area contributed by atoms with Crippen LogP contribution in [0.25, 0.3) is 0 Å². The Labute approximate surface area is 163 Å². The fourth-order valence-corrected chi connectivity index (χ4v) is 4.17. The zero-order valence-corrected chi connectivity index (χ0v) is 16.5. The summed E-state index contributed by atoms with van der Waals surface area (Å²) >= 11 is 0. The van der Waals surface area contributed by atoms with Crippen LogP contribution in [0.3, 0.4) is 0 Å². The maximum Gasteiger partial charge on any atom is 0.269 e. The Bertz CT molecular complexity index is 970. The van der Waals surface area contributed by atoms with Crippen LogP contribution in [-0.2, 0) is 22.2 Å². The number of nitrogens with zero attached hydrogens (tertiary/aromatic N) is 1. The molecule has 0 aromatic heterocycles. The lowest BCUT2D eigenvalue weighted by molar-refractivity contribution is -0.384. The lowest BCUT2D eigenvalue weighted by atomic mass is 10.0. The molecule has 2 aromatic rings. The number of hydrogen-bond acceptors (Lipinski definition) is 6. The second kappa shape index (κ2) is 7.76. The number of fused-ring (bicyclic) bond motifs is 1. The number of non-ortho nitro benzene ring substituents is 1. The zero-order valence-electron chi connectivity index (χ0n) is 15.7. The van der Waals surface area contributed by atoms with Gasteiger partial charge in [0.15, 0.2) is 11.5 Å². The Hall–Kier alpha value is -2.65. The van der Waals surface area contributed by atoms with Crippen molar-refractivity contribution < 1.29 is 22.8 Å². The second-order valence-corrected chi connectivity index (χ2v) is 9.02. The van der Waals surface area contributed by atoms with E-state index >= 15 is 0 Å². The standard InChI is InChI=1S/C19H22N2O6S/c1-19(2)12-15-4-3-5-17(18(15)27-19)26-11-10-20-28(24,25)13-14-6-8-16(9-7-14)21(22)23/h3-9,20H,10-13H2,1-2H3. The van der Waals surface area contributed by atoms with E-state index in [1.165, 1.54) is 24.3 Å². The van der Waals surface area contributed by atoms with Crippen molar-refractivity contribution in [2.24, 2.45) is 0 Å². The van der Waals surface area contributed by atoms with Crippen LogP contribution in [-0.4, -0.2) is 32.1 Å². The van der Waals surface area contributed by atoms with Gasteiger partial charge in [-0.3, -0.25) is 10.1 Å². The summed E-state index contributed by atoms with van der Waals surface area (Å²) in [7, 11) is -3.58. The quantitative estimate of drug-likeness (QED) is 0.410. The first-order valence-corrected chi connectivity index (χ1v) is 10.4. The lowest BCUT2D eigenvalue weighted by Crippen LogP contribution is -2.29. The molecule has 0 fully saturated rings. The average Bonchev–Trinajstić information content (AvgIpc) is 2.93. The number of para-hydroxylation sites is 1. The van der Waals surface area contributed by atoms with E-state index in [1.807, 2.05) is 26.0 Å². The molecule has 0 aliphatic carbocycles. The van der Waals surface area contributed by atoms with Crippen molar-refractivity contribution >= 4 is 15.7 Å². The summed E-state index contributed by atoms with van der Waals surface area (Å²) < 4.78 is 38.4. The predicted octanol–water partition coefficient (Wildman–Crippen LogP) is 2.81. The highest BCUT2D eigenvalue weighted by atomic mass is 32.2. The zero-order chi connectivity index (χ0) is 20.4. The largest absolute Gasteiger partial charge is 0.488 e. The third-order valence-corrected chi connectivity index (χ3v) is 5.60. The summed E-state index contributed by atoms with van der Waals surface area (Å²) in [6, 6.07) is 11.1. The van der Waals surface area contributed by atoms with Gasteiger partial charge in [-0.2, -0.15) is 0 Å². The van der Waals surface area contributed by atoms with Gasteiger partial charge in [-0.25, -0.2) is 13.1 Å². The number of nitro benzene ring substituents is 1. The van der Waals surface area contributed by atoms with Gasteiger partial charge in [0.2, 0.25) is 10.0 Å². The predicted molar refractivity (Wildman–Crippen MR) is 104 cm³/mol. The van der Waals surface area contributed by atoms with Gasteiger partial charge < -0.3 is 9.47 Å². The normalized spacial score (nSPS) is 14.9. The van der Waals surface area contributed by atoms with Gasteiger partial charge in [-0.1, -0.05) is 24.3 Å². The number of nitro groups is 1. The number of ether oxygens (including phenoxy) is 2. The molecule has 1 N–H and O–H groups in total. The second-order valence-electron chi connectivity index (χ2n) is 7.21. The van der Waals surface area contributed by atoms with E-state index < -0.39 is 14.9 Å². The molecule has 0 atom stereocenters. The van der Waals surface area contributed by atoms with E-state index in [0.717, 1.165) is 12.0 Å². The molecule has 0 amide bonds. The van der Waals surface area contributed by atoms with Gasteiger partial charge in [0, 0.05) is 30.7 Å². The molecule has 1 aliphatic heterocycles. The lowest BCUT2D eigenvalue weighted by Gasteiger charge is -2.18. The molecule has 150 valence electrons. The van der Waals surface area contributed by atoms with Gasteiger partial charge in [0.1, 0.15) is 12.2 Å². The molecule has 1 heterocycles. The smallest absolute Gasteiger partial charge is 0.269 e. The summed E-state index contributed by atoms with van der Waals surface area (Å²) in [5, 5.41) is 10.6. The molecule has 0 saturated carbocycles. The van der Waals surface area contributed by atoms with Crippen LogP contribution >= 0.6 is 0 Å². The first-order chi connectivity index (χ1) is 13.2. The maximum absolute atomic E-state index is 12.2. The van der Waals surface area contributed by atoms with Crippen LogP contribution in [0.2, 0.25) is 0 Å². The van der Waals surface area contributed by atoms with Crippen LogP contribution in [0.4, 0.5) is 5.69 Å². The van der Waals surface area contributed by atoms with E-state index in [1.54, 1.807) is 6.07 Å².